The van der Waals surface area contributed by atoms with Crippen molar-refractivity contribution in [3.05, 3.63) is 0 Å². The Balaban J connectivity index is 1.61. The van der Waals surface area contributed by atoms with E-state index in [0.717, 1.165) is 29.6 Å². The van der Waals surface area contributed by atoms with Gasteiger partial charge in [-0.25, -0.2) is 0 Å². The van der Waals surface area contributed by atoms with Crippen LogP contribution in [-0.2, 0) is 0 Å². The second-order valence-electron chi connectivity index (χ2n) is 6.97. The van der Waals surface area contributed by atoms with E-state index in [1.54, 1.807) is 38.5 Å². The van der Waals surface area contributed by atoms with Gasteiger partial charge in [-0.3, -0.25) is 0 Å². The summed E-state index contributed by atoms with van der Waals surface area (Å²) in [5.74, 6) is 5.57. The molecule has 0 spiro atoms. The molecule has 0 aliphatic heterocycles. The Bertz CT molecular complexity index is 226. The van der Waals surface area contributed by atoms with Crippen LogP contribution in [0, 0.1) is 29.6 Å². The Hall–Kier alpha value is 0. The standard InChI is InChI=1S/C16H28/c1-12-10-14(11-13-6-2-3-7-13)16-9-5-4-8-15(12)16/h12-16H,2-11H2,1H3. The van der Waals surface area contributed by atoms with Gasteiger partial charge in [-0.2, -0.15) is 0 Å². The van der Waals surface area contributed by atoms with E-state index in [1.165, 1.54) is 25.7 Å². The lowest BCUT2D eigenvalue weighted by Crippen LogP contribution is -2.22. The van der Waals surface area contributed by atoms with E-state index in [2.05, 4.69) is 6.92 Å². The monoisotopic (exact) mass is 220 g/mol. The van der Waals surface area contributed by atoms with Crippen LogP contribution < -0.4 is 0 Å². The van der Waals surface area contributed by atoms with Crippen molar-refractivity contribution in [1.29, 1.82) is 0 Å². The van der Waals surface area contributed by atoms with Gasteiger partial charge in [-0.1, -0.05) is 45.4 Å². The van der Waals surface area contributed by atoms with Crippen LogP contribution in [0.15, 0.2) is 0 Å². The van der Waals surface area contributed by atoms with Gasteiger partial charge in [0.1, 0.15) is 0 Å². The second kappa shape index (κ2) is 4.70. The van der Waals surface area contributed by atoms with Crippen LogP contribution in [0.1, 0.15) is 71.1 Å². The molecule has 3 aliphatic rings. The molecule has 0 radical (unpaired) electrons. The molecule has 3 fully saturated rings. The summed E-state index contributed by atoms with van der Waals surface area (Å²) in [6.45, 7) is 2.54. The Kier molecular flexibility index (Phi) is 3.27. The van der Waals surface area contributed by atoms with Crippen LogP contribution in [-0.4, -0.2) is 0 Å². The first-order valence-electron chi connectivity index (χ1n) is 7.84. The summed E-state index contributed by atoms with van der Waals surface area (Å²) in [6.07, 6.45) is 15.6. The molecule has 0 saturated heterocycles. The molecular formula is C16H28. The molecule has 0 heteroatoms. The minimum Gasteiger partial charge on any atom is -0.0622 e. The van der Waals surface area contributed by atoms with E-state index in [-0.39, 0.29) is 0 Å². The molecule has 0 amide bonds. The highest BCUT2D eigenvalue weighted by molar-refractivity contribution is 4.92. The fourth-order valence-electron chi connectivity index (χ4n) is 5.25. The maximum absolute atomic E-state index is 2.54. The molecule has 0 bridgehead atoms. The molecule has 3 aliphatic carbocycles. The van der Waals surface area contributed by atoms with Gasteiger partial charge in [0.05, 0.1) is 0 Å². The van der Waals surface area contributed by atoms with Crippen LogP contribution in [0.4, 0.5) is 0 Å². The molecule has 0 nitrogen and oxygen atoms in total. The van der Waals surface area contributed by atoms with E-state index in [0.29, 0.717) is 0 Å². The molecule has 0 N–H and O–H groups in total. The smallest absolute Gasteiger partial charge is 0.0355 e. The SMILES string of the molecule is CC1CC(CC2CCCC2)C2CCCCC12. The molecule has 0 heterocycles. The Morgan fingerprint density at radius 2 is 1.44 bits per heavy atom. The first-order valence-corrected chi connectivity index (χ1v) is 7.84. The van der Waals surface area contributed by atoms with Gasteiger partial charge < -0.3 is 0 Å². The highest BCUT2D eigenvalue weighted by Crippen LogP contribution is 2.52. The zero-order chi connectivity index (χ0) is 11.0. The summed E-state index contributed by atoms with van der Waals surface area (Å²) in [7, 11) is 0. The van der Waals surface area contributed by atoms with Crippen molar-refractivity contribution in [2.75, 3.05) is 0 Å². The topological polar surface area (TPSA) is 0 Å². The number of hydrogen-bond donors (Lipinski definition) is 0. The third kappa shape index (κ3) is 2.05. The minimum atomic E-state index is 1.05. The number of fused-ring (bicyclic) bond motifs is 1. The molecule has 3 saturated carbocycles. The molecule has 16 heavy (non-hydrogen) atoms. The first-order chi connectivity index (χ1) is 7.84. The summed E-state index contributed by atoms with van der Waals surface area (Å²) in [4.78, 5) is 0. The lowest BCUT2D eigenvalue weighted by Gasteiger charge is -2.31. The minimum absolute atomic E-state index is 1.05. The van der Waals surface area contributed by atoms with E-state index in [1.807, 2.05) is 0 Å². The summed E-state index contributed by atoms with van der Waals surface area (Å²) in [6, 6.07) is 0. The molecular weight excluding hydrogens is 192 g/mol. The van der Waals surface area contributed by atoms with Crippen molar-refractivity contribution in [3.63, 3.8) is 0 Å². The van der Waals surface area contributed by atoms with E-state index in [9.17, 15) is 0 Å². The summed E-state index contributed by atoms with van der Waals surface area (Å²) >= 11 is 0. The summed E-state index contributed by atoms with van der Waals surface area (Å²) < 4.78 is 0. The Labute approximate surface area is 101 Å². The number of rotatable bonds is 2. The van der Waals surface area contributed by atoms with Gasteiger partial charge in [0.25, 0.3) is 0 Å². The van der Waals surface area contributed by atoms with Crippen molar-refractivity contribution < 1.29 is 0 Å². The Morgan fingerprint density at radius 1 is 0.812 bits per heavy atom. The quantitative estimate of drug-likeness (QED) is 0.612. The fraction of sp³-hybridized carbons (Fsp3) is 1.00. The molecule has 0 aromatic carbocycles. The van der Waals surface area contributed by atoms with Crippen molar-refractivity contribution in [2.24, 2.45) is 29.6 Å². The Morgan fingerprint density at radius 3 is 2.19 bits per heavy atom. The predicted molar refractivity (Wildman–Crippen MR) is 69.3 cm³/mol. The second-order valence-corrected chi connectivity index (χ2v) is 6.97. The lowest BCUT2D eigenvalue weighted by molar-refractivity contribution is 0.191. The maximum Gasteiger partial charge on any atom is -0.0355 e. The van der Waals surface area contributed by atoms with E-state index in [4.69, 9.17) is 0 Å². The van der Waals surface area contributed by atoms with Gasteiger partial charge in [-0.15, -0.1) is 0 Å². The largest absolute Gasteiger partial charge is 0.0622 e. The van der Waals surface area contributed by atoms with Gasteiger partial charge in [0.15, 0.2) is 0 Å². The van der Waals surface area contributed by atoms with Crippen molar-refractivity contribution >= 4 is 0 Å². The van der Waals surface area contributed by atoms with Gasteiger partial charge in [0, 0.05) is 0 Å². The third-order valence-corrected chi connectivity index (χ3v) is 6.00. The molecule has 0 aromatic heterocycles. The van der Waals surface area contributed by atoms with Crippen molar-refractivity contribution in [3.8, 4) is 0 Å². The fourth-order valence-corrected chi connectivity index (χ4v) is 5.25. The van der Waals surface area contributed by atoms with Crippen LogP contribution in [0.3, 0.4) is 0 Å². The highest BCUT2D eigenvalue weighted by atomic mass is 14.5. The first kappa shape index (κ1) is 11.1. The average Bonchev–Trinajstić information content (AvgIpc) is 2.90. The van der Waals surface area contributed by atoms with Crippen LogP contribution >= 0.6 is 0 Å². The number of hydrogen-bond acceptors (Lipinski definition) is 0. The van der Waals surface area contributed by atoms with Crippen LogP contribution in [0.2, 0.25) is 0 Å². The average molecular weight is 220 g/mol. The van der Waals surface area contributed by atoms with Crippen molar-refractivity contribution in [2.45, 2.75) is 71.1 Å². The molecule has 4 unspecified atom stereocenters. The van der Waals surface area contributed by atoms with Crippen molar-refractivity contribution in [1.82, 2.24) is 0 Å². The van der Waals surface area contributed by atoms with E-state index < -0.39 is 0 Å². The van der Waals surface area contributed by atoms with Gasteiger partial charge in [-0.05, 0) is 55.3 Å². The molecule has 3 rings (SSSR count). The van der Waals surface area contributed by atoms with Gasteiger partial charge >= 0.3 is 0 Å². The highest BCUT2D eigenvalue weighted by Gasteiger charge is 2.42. The third-order valence-electron chi connectivity index (χ3n) is 6.00. The summed E-state index contributed by atoms with van der Waals surface area (Å²) in [5.41, 5.74) is 0. The lowest BCUT2D eigenvalue weighted by atomic mass is 9.74. The zero-order valence-electron chi connectivity index (χ0n) is 11.0. The molecule has 4 atom stereocenters. The zero-order valence-corrected chi connectivity index (χ0v) is 11.0. The maximum atomic E-state index is 2.54. The molecule has 0 aromatic rings. The normalized spacial score (nSPS) is 44.8. The summed E-state index contributed by atoms with van der Waals surface area (Å²) in [5, 5.41) is 0. The van der Waals surface area contributed by atoms with Gasteiger partial charge in [0.2, 0.25) is 0 Å². The van der Waals surface area contributed by atoms with E-state index >= 15 is 0 Å². The van der Waals surface area contributed by atoms with Crippen LogP contribution in [0.25, 0.3) is 0 Å². The van der Waals surface area contributed by atoms with Crippen LogP contribution in [0.5, 0.6) is 0 Å². The predicted octanol–water partition coefficient (Wildman–Crippen LogP) is 5.03. The molecule has 92 valence electrons.